The summed E-state index contributed by atoms with van der Waals surface area (Å²) in [5.74, 6) is -0.0251. The average molecular weight is 265 g/mol. The number of carbonyl (C=O) groups is 1. The van der Waals surface area contributed by atoms with Crippen molar-refractivity contribution in [2.24, 2.45) is 7.05 Å². The van der Waals surface area contributed by atoms with Crippen LogP contribution in [-0.4, -0.2) is 20.6 Å². The van der Waals surface area contributed by atoms with Gasteiger partial charge in [-0.15, -0.1) is 0 Å². The van der Waals surface area contributed by atoms with E-state index in [1.165, 1.54) is 0 Å². The van der Waals surface area contributed by atoms with Crippen LogP contribution in [0, 0.1) is 0 Å². The van der Waals surface area contributed by atoms with Gasteiger partial charge in [0, 0.05) is 30.3 Å². The van der Waals surface area contributed by atoms with Gasteiger partial charge in [0.25, 0.3) is 0 Å². The van der Waals surface area contributed by atoms with Crippen LogP contribution in [0.1, 0.15) is 12.1 Å². The van der Waals surface area contributed by atoms with Crippen molar-refractivity contribution in [1.82, 2.24) is 9.55 Å². The number of carboxylic acid groups (broad SMARTS) is 1. The number of rotatable bonds is 4. The fraction of sp³-hybridized carbons (Fsp3) is 0.231. The first kappa shape index (κ1) is 12.6. The van der Waals surface area contributed by atoms with Gasteiger partial charge in [-0.25, -0.2) is 4.98 Å². The lowest BCUT2D eigenvalue weighted by Gasteiger charge is -2.01. The minimum atomic E-state index is -0.815. The van der Waals surface area contributed by atoms with Crippen LogP contribution in [-0.2, 0) is 18.3 Å². The van der Waals surface area contributed by atoms with Crippen molar-refractivity contribution in [2.75, 3.05) is 0 Å². The third kappa shape index (κ3) is 2.90. The van der Waals surface area contributed by atoms with Crippen LogP contribution in [0.15, 0.2) is 30.5 Å². The molecule has 0 atom stereocenters. The van der Waals surface area contributed by atoms with Crippen LogP contribution in [0.4, 0.5) is 0 Å². The maximum Gasteiger partial charge on any atom is 0.303 e. The monoisotopic (exact) mass is 264 g/mol. The van der Waals surface area contributed by atoms with Crippen molar-refractivity contribution in [3.8, 4) is 11.4 Å². The molecule has 18 heavy (non-hydrogen) atoms. The van der Waals surface area contributed by atoms with Crippen LogP contribution >= 0.6 is 11.6 Å². The molecular formula is C13H13ClN2O2. The topological polar surface area (TPSA) is 55.1 Å². The third-order valence-electron chi connectivity index (χ3n) is 2.60. The zero-order chi connectivity index (χ0) is 13.1. The van der Waals surface area contributed by atoms with Gasteiger partial charge in [0.2, 0.25) is 0 Å². The molecule has 2 aromatic rings. The molecule has 0 amide bonds. The van der Waals surface area contributed by atoms with E-state index in [2.05, 4.69) is 4.98 Å². The first-order valence-corrected chi connectivity index (χ1v) is 5.94. The standard InChI is InChI=1S/C13H13ClN2O2/c1-16-8-11(5-6-12(17)18)15-13(16)9-3-2-4-10(14)7-9/h2-4,7-8H,5-6H2,1H3,(H,17,18). The molecule has 1 aromatic heterocycles. The Kier molecular flexibility index (Phi) is 3.67. The normalized spacial score (nSPS) is 10.6. The molecule has 2 rings (SSSR count). The maximum absolute atomic E-state index is 10.5. The van der Waals surface area contributed by atoms with Crippen LogP contribution in [0.5, 0.6) is 0 Å². The van der Waals surface area contributed by atoms with E-state index < -0.39 is 5.97 Å². The van der Waals surface area contributed by atoms with E-state index in [1.54, 1.807) is 6.07 Å². The largest absolute Gasteiger partial charge is 0.481 e. The predicted molar refractivity (Wildman–Crippen MR) is 69.6 cm³/mol. The third-order valence-corrected chi connectivity index (χ3v) is 2.84. The first-order valence-electron chi connectivity index (χ1n) is 5.56. The zero-order valence-corrected chi connectivity index (χ0v) is 10.7. The summed E-state index contributed by atoms with van der Waals surface area (Å²) in [7, 11) is 1.88. The highest BCUT2D eigenvalue weighted by molar-refractivity contribution is 6.30. The molecule has 0 aliphatic carbocycles. The number of benzene rings is 1. The van der Waals surface area contributed by atoms with Crippen LogP contribution in [0.25, 0.3) is 11.4 Å². The van der Waals surface area contributed by atoms with E-state index in [1.807, 2.05) is 36.0 Å². The van der Waals surface area contributed by atoms with Crippen molar-refractivity contribution < 1.29 is 9.90 Å². The highest BCUT2D eigenvalue weighted by Gasteiger charge is 2.09. The number of aryl methyl sites for hydroxylation is 2. The zero-order valence-electron chi connectivity index (χ0n) is 9.93. The Morgan fingerprint density at radius 3 is 2.94 bits per heavy atom. The molecule has 1 heterocycles. The van der Waals surface area contributed by atoms with Crippen molar-refractivity contribution in [3.05, 3.63) is 41.2 Å². The first-order chi connectivity index (χ1) is 8.56. The molecule has 0 bridgehead atoms. The van der Waals surface area contributed by atoms with E-state index in [9.17, 15) is 4.79 Å². The molecule has 0 aliphatic rings. The van der Waals surface area contributed by atoms with E-state index in [0.29, 0.717) is 11.4 Å². The lowest BCUT2D eigenvalue weighted by Crippen LogP contribution is -1.97. The number of hydrogen-bond donors (Lipinski definition) is 1. The summed E-state index contributed by atoms with van der Waals surface area (Å²) >= 11 is 5.94. The van der Waals surface area contributed by atoms with Gasteiger partial charge in [0.15, 0.2) is 0 Å². The Morgan fingerprint density at radius 1 is 1.50 bits per heavy atom. The molecule has 4 nitrogen and oxygen atoms in total. The Labute approximate surface area is 110 Å². The van der Waals surface area contributed by atoms with Gasteiger partial charge in [-0.3, -0.25) is 4.79 Å². The second-order valence-electron chi connectivity index (χ2n) is 4.07. The van der Waals surface area contributed by atoms with E-state index in [-0.39, 0.29) is 6.42 Å². The molecule has 0 radical (unpaired) electrons. The number of halogens is 1. The number of aromatic nitrogens is 2. The highest BCUT2D eigenvalue weighted by Crippen LogP contribution is 2.22. The minimum Gasteiger partial charge on any atom is -0.481 e. The molecule has 0 fully saturated rings. The molecule has 1 aromatic carbocycles. The summed E-state index contributed by atoms with van der Waals surface area (Å²) in [5, 5.41) is 9.31. The quantitative estimate of drug-likeness (QED) is 0.924. The fourth-order valence-electron chi connectivity index (χ4n) is 1.78. The van der Waals surface area contributed by atoms with Gasteiger partial charge in [-0.1, -0.05) is 23.7 Å². The molecule has 0 aliphatic heterocycles. The molecule has 5 heteroatoms. The van der Waals surface area contributed by atoms with Gasteiger partial charge in [-0.2, -0.15) is 0 Å². The summed E-state index contributed by atoms with van der Waals surface area (Å²) in [6.07, 6.45) is 2.37. The lowest BCUT2D eigenvalue weighted by molar-refractivity contribution is -0.136. The van der Waals surface area contributed by atoms with Crippen molar-refractivity contribution in [3.63, 3.8) is 0 Å². The van der Waals surface area contributed by atoms with Crippen molar-refractivity contribution >= 4 is 17.6 Å². The lowest BCUT2D eigenvalue weighted by atomic mass is 10.2. The molecule has 1 N–H and O–H groups in total. The Hall–Kier alpha value is -1.81. The summed E-state index contributed by atoms with van der Waals surface area (Å²) in [6.45, 7) is 0. The maximum atomic E-state index is 10.5. The summed E-state index contributed by atoms with van der Waals surface area (Å²) in [4.78, 5) is 15.0. The number of hydrogen-bond acceptors (Lipinski definition) is 2. The second-order valence-corrected chi connectivity index (χ2v) is 4.51. The summed E-state index contributed by atoms with van der Waals surface area (Å²) in [6, 6.07) is 7.43. The fourth-order valence-corrected chi connectivity index (χ4v) is 1.97. The molecular weight excluding hydrogens is 252 g/mol. The van der Waals surface area contributed by atoms with E-state index >= 15 is 0 Å². The second kappa shape index (κ2) is 5.23. The Bertz CT molecular complexity index is 578. The van der Waals surface area contributed by atoms with Crippen molar-refractivity contribution in [2.45, 2.75) is 12.8 Å². The SMILES string of the molecule is Cn1cc(CCC(=O)O)nc1-c1cccc(Cl)c1. The number of aliphatic carboxylic acids is 1. The Balaban J connectivity index is 2.26. The van der Waals surface area contributed by atoms with Crippen molar-refractivity contribution in [1.29, 1.82) is 0 Å². The Morgan fingerprint density at radius 2 is 2.28 bits per heavy atom. The van der Waals surface area contributed by atoms with Gasteiger partial charge in [0.1, 0.15) is 5.82 Å². The average Bonchev–Trinajstić information content (AvgIpc) is 2.68. The van der Waals surface area contributed by atoms with Crippen LogP contribution < -0.4 is 0 Å². The molecule has 0 saturated carbocycles. The van der Waals surface area contributed by atoms with E-state index in [4.69, 9.17) is 16.7 Å². The van der Waals surface area contributed by atoms with Gasteiger partial charge in [0.05, 0.1) is 12.1 Å². The molecule has 94 valence electrons. The van der Waals surface area contributed by atoms with Gasteiger partial charge in [-0.05, 0) is 12.1 Å². The smallest absolute Gasteiger partial charge is 0.303 e. The number of imidazole rings is 1. The summed E-state index contributed by atoms with van der Waals surface area (Å²) in [5.41, 5.74) is 1.70. The summed E-state index contributed by atoms with van der Waals surface area (Å²) < 4.78 is 1.88. The van der Waals surface area contributed by atoms with Crippen LogP contribution in [0.3, 0.4) is 0 Å². The number of carboxylic acids is 1. The van der Waals surface area contributed by atoms with Crippen LogP contribution in [0.2, 0.25) is 5.02 Å². The van der Waals surface area contributed by atoms with Gasteiger partial charge >= 0.3 is 5.97 Å². The molecule has 0 saturated heterocycles. The van der Waals surface area contributed by atoms with E-state index in [0.717, 1.165) is 17.1 Å². The molecule has 0 spiro atoms. The molecule has 0 unspecified atom stereocenters. The highest BCUT2D eigenvalue weighted by atomic mass is 35.5. The minimum absolute atomic E-state index is 0.0893. The predicted octanol–water partition coefficient (Wildman–Crippen LogP) is 2.76. The van der Waals surface area contributed by atoms with Gasteiger partial charge < -0.3 is 9.67 Å². The number of nitrogens with zero attached hydrogens (tertiary/aromatic N) is 2.